The Hall–Kier alpha value is -6.65. The van der Waals surface area contributed by atoms with Crippen molar-refractivity contribution >= 4 is 21.8 Å². The quantitative estimate of drug-likeness (QED) is 0.182. The van der Waals surface area contributed by atoms with Crippen molar-refractivity contribution in [1.82, 2.24) is 19.5 Å². The summed E-state index contributed by atoms with van der Waals surface area (Å²) in [6.07, 6.45) is 0. The average molecular weight is 682 g/mol. The third-order valence-electron chi connectivity index (χ3n) is 9.47. The van der Waals surface area contributed by atoms with E-state index in [0.29, 0.717) is 11.1 Å². The summed E-state index contributed by atoms with van der Waals surface area (Å²) in [7, 11) is 0. The Balaban J connectivity index is 1.34. The van der Waals surface area contributed by atoms with E-state index in [9.17, 15) is 5.48 Å². The molecule has 7 aromatic carbocycles. The number of nitrogens with zero attached hydrogens (tertiary/aromatic N) is 4. The number of fused-ring (bicyclic) bond motifs is 7. The summed E-state index contributed by atoms with van der Waals surface area (Å²) in [5, 5.41) is -0.536. The molecule has 52 heavy (non-hydrogen) atoms. The molecule has 1 aliphatic rings. The smallest absolute Gasteiger partial charge is 0.238 e. The lowest BCUT2D eigenvalue weighted by Crippen LogP contribution is -2.14. The minimum atomic E-state index is -3.56. The molecule has 0 saturated heterocycles. The first-order chi connectivity index (χ1) is 31.8. The topological polar surface area (TPSA) is 43.6 Å². The summed E-state index contributed by atoms with van der Waals surface area (Å²) in [4.78, 5) is 14.6. The van der Waals surface area contributed by atoms with Crippen molar-refractivity contribution in [2.24, 2.45) is 0 Å². The van der Waals surface area contributed by atoms with Crippen molar-refractivity contribution in [3.8, 4) is 62.1 Å². The van der Waals surface area contributed by atoms with Crippen LogP contribution < -0.4 is 0 Å². The Labute approximate surface area is 323 Å². The first-order valence-corrected chi connectivity index (χ1v) is 16.6. The van der Waals surface area contributed by atoms with E-state index in [1.165, 1.54) is 4.57 Å². The van der Waals surface area contributed by atoms with Crippen LogP contribution >= 0.6 is 0 Å². The second-order valence-corrected chi connectivity index (χ2v) is 12.5. The number of benzene rings is 7. The van der Waals surface area contributed by atoms with E-state index in [-0.39, 0.29) is 50.5 Å². The molecule has 4 heteroatoms. The van der Waals surface area contributed by atoms with Gasteiger partial charge in [0, 0.05) is 41.1 Å². The molecule has 0 spiro atoms. The number of hydrogen-bond donors (Lipinski definition) is 0. The molecule has 0 bridgehead atoms. The molecule has 0 N–H and O–H groups in total. The van der Waals surface area contributed by atoms with Gasteiger partial charge in [0.15, 0.2) is 11.6 Å². The predicted octanol–water partition coefficient (Wildman–Crippen LogP) is 11.9. The van der Waals surface area contributed by atoms with Gasteiger partial charge >= 0.3 is 0 Å². The molecule has 0 radical (unpaired) electrons. The molecule has 246 valence electrons. The van der Waals surface area contributed by atoms with Gasteiger partial charge < -0.3 is 0 Å². The Kier molecular flexibility index (Phi) is 4.18. The van der Waals surface area contributed by atoms with Crippen LogP contribution in [-0.2, 0) is 5.41 Å². The molecular formula is C48H34N4. The minimum Gasteiger partial charge on any atom is -0.277 e. The molecule has 1 aliphatic carbocycles. The van der Waals surface area contributed by atoms with Crippen LogP contribution in [0.2, 0.25) is 0 Å². The Morgan fingerprint density at radius 3 is 1.87 bits per heavy atom. The van der Waals surface area contributed by atoms with Gasteiger partial charge in [0.05, 0.1) is 23.4 Å². The fourth-order valence-electron chi connectivity index (χ4n) is 7.00. The van der Waals surface area contributed by atoms with Gasteiger partial charge in [-0.3, -0.25) is 4.57 Å². The van der Waals surface area contributed by atoms with E-state index in [1.807, 2.05) is 72.8 Å². The number of para-hydroxylation sites is 1. The fraction of sp³-hybridized carbons (Fsp3) is 0.0625. The van der Waals surface area contributed by atoms with Gasteiger partial charge in [0.2, 0.25) is 5.95 Å². The van der Waals surface area contributed by atoms with Crippen LogP contribution in [0.4, 0.5) is 0 Å². The van der Waals surface area contributed by atoms with Crippen LogP contribution in [0, 0.1) is 0 Å². The van der Waals surface area contributed by atoms with Gasteiger partial charge in [-0.2, -0.15) is 9.97 Å². The van der Waals surface area contributed by atoms with E-state index >= 15 is 0 Å². The summed E-state index contributed by atoms with van der Waals surface area (Å²) in [6, 6.07) is 28.9. The molecular weight excluding hydrogens is 633 g/mol. The van der Waals surface area contributed by atoms with Crippen LogP contribution in [0.25, 0.3) is 83.9 Å². The van der Waals surface area contributed by atoms with E-state index in [0.717, 1.165) is 28.3 Å². The normalized spacial score (nSPS) is 17.6. The van der Waals surface area contributed by atoms with Crippen molar-refractivity contribution in [2.45, 2.75) is 19.1 Å². The maximum atomic E-state index is 9.55. The zero-order chi connectivity index (χ0) is 47.6. The molecule has 0 aliphatic heterocycles. The third-order valence-corrected chi connectivity index (χ3v) is 9.47. The summed E-state index contributed by atoms with van der Waals surface area (Å²) in [5.74, 6) is -0.0648. The van der Waals surface area contributed by atoms with Gasteiger partial charge in [0.1, 0.15) is 0 Å². The summed E-state index contributed by atoms with van der Waals surface area (Å²) in [6.45, 7) is -7.12. The standard InChI is InChI=1S/C48H34N4/c1-48(2)40-22-11-9-21-39(40)43-41(48)29-28-38-37-20-10-12-23-42(37)52(44(38)43)47-50-45(33-16-7-4-8-17-33)49-46(51-47)34-26-24-32(25-27-34)36-19-13-18-35(30-36)31-14-5-3-6-15-31/h3-30H,1-2H3/i1D3,2D3,9D,10D,11D,12D,20D,22D,23D,28D,29D. The molecule has 0 saturated carbocycles. The highest BCUT2D eigenvalue weighted by Gasteiger charge is 2.37. The zero-order valence-electron chi connectivity index (χ0n) is 42.3. The lowest BCUT2D eigenvalue weighted by molar-refractivity contribution is 0.660. The lowest BCUT2D eigenvalue weighted by atomic mass is 9.82. The number of aromatic nitrogens is 4. The molecule has 10 rings (SSSR count). The van der Waals surface area contributed by atoms with Crippen LogP contribution in [0.3, 0.4) is 0 Å². The monoisotopic (exact) mass is 681 g/mol. The summed E-state index contributed by atoms with van der Waals surface area (Å²) < 4.78 is 136. The Bertz CT molecular complexity index is 3520. The molecule has 4 nitrogen and oxygen atoms in total. The first kappa shape index (κ1) is 18.5. The zero-order valence-corrected chi connectivity index (χ0v) is 27.3. The van der Waals surface area contributed by atoms with Gasteiger partial charge in [-0.25, -0.2) is 4.98 Å². The van der Waals surface area contributed by atoms with Gasteiger partial charge in [0.25, 0.3) is 0 Å². The van der Waals surface area contributed by atoms with Crippen molar-refractivity contribution in [3.63, 3.8) is 0 Å². The highest BCUT2D eigenvalue weighted by Crippen LogP contribution is 2.52. The molecule has 2 heterocycles. The van der Waals surface area contributed by atoms with Crippen LogP contribution in [0.5, 0.6) is 0 Å². The minimum absolute atomic E-state index is 0.101. The fourth-order valence-corrected chi connectivity index (χ4v) is 7.00. The van der Waals surface area contributed by atoms with Gasteiger partial charge in [-0.15, -0.1) is 0 Å². The molecule has 0 fully saturated rings. The first-order valence-electron chi connectivity index (χ1n) is 24.1. The Morgan fingerprint density at radius 2 is 1.13 bits per heavy atom. The summed E-state index contributed by atoms with van der Waals surface area (Å²) in [5.41, 5.74) is -0.798. The van der Waals surface area contributed by atoms with Crippen molar-refractivity contribution in [3.05, 3.63) is 181 Å². The van der Waals surface area contributed by atoms with Crippen molar-refractivity contribution in [1.29, 1.82) is 0 Å². The second-order valence-electron chi connectivity index (χ2n) is 12.5. The van der Waals surface area contributed by atoms with Crippen molar-refractivity contribution in [2.75, 3.05) is 0 Å². The molecule has 0 atom stereocenters. The van der Waals surface area contributed by atoms with E-state index in [4.69, 9.17) is 30.0 Å². The Morgan fingerprint density at radius 1 is 0.519 bits per heavy atom. The maximum absolute atomic E-state index is 9.55. The van der Waals surface area contributed by atoms with E-state index in [1.54, 1.807) is 30.3 Å². The van der Waals surface area contributed by atoms with Gasteiger partial charge in [-0.05, 0) is 51.1 Å². The van der Waals surface area contributed by atoms with E-state index < -0.39 is 84.6 Å². The predicted molar refractivity (Wildman–Crippen MR) is 213 cm³/mol. The van der Waals surface area contributed by atoms with Gasteiger partial charge in [-0.1, -0.05) is 171 Å². The average Bonchev–Trinajstić information content (AvgIpc) is 3.84. The SMILES string of the molecule is [2H]c1cc2c(c([2H])c1[2H])C(C([2H])([2H])[2H])(C([2H])([2H])[2H])c1c([2H])c([2H])c3c4c([2H])c([2H])c([2H])c([2H])c4n(-c4nc(-c5ccccc5)nc(-c5ccc(-c6cccc(-c7ccccc7)c6)cc5)n4)c3c1-2. The highest BCUT2D eigenvalue weighted by molar-refractivity contribution is 6.15. The molecule has 2 aromatic heterocycles. The molecule has 0 amide bonds. The largest absolute Gasteiger partial charge is 0.277 e. The molecule has 9 aromatic rings. The maximum Gasteiger partial charge on any atom is 0.238 e. The van der Waals surface area contributed by atoms with Crippen LogP contribution in [-0.4, -0.2) is 19.5 Å². The van der Waals surface area contributed by atoms with Crippen molar-refractivity contribution < 1.29 is 20.6 Å². The summed E-state index contributed by atoms with van der Waals surface area (Å²) >= 11 is 0. The highest BCUT2D eigenvalue weighted by atomic mass is 15.2. The third kappa shape index (κ3) is 4.72. The molecule has 0 unspecified atom stereocenters. The second kappa shape index (κ2) is 11.7. The number of rotatable bonds is 5. The number of hydrogen-bond acceptors (Lipinski definition) is 3. The lowest BCUT2D eigenvalue weighted by Gasteiger charge is -2.21. The van der Waals surface area contributed by atoms with Crippen LogP contribution in [0.1, 0.15) is 45.4 Å². The van der Waals surface area contributed by atoms with E-state index in [2.05, 4.69) is 6.07 Å². The van der Waals surface area contributed by atoms with Crippen LogP contribution in [0.15, 0.2) is 170 Å².